The normalized spacial score (nSPS) is 15.7. The van der Waals surface area contributed by atoms with Crippen LogP contribution >= 0.6 is 0 Å². The van der Waals surface area contributed by atoms with E-state index in [1.165, 1.54) is 40.4 Å². The molecule has 34 heavy (non-hydrogen) atoms. The van der Waals surface area contributed by atoms with Crippen LogP contribution in [0.15, 0.2) is 53.6 Å². The van der Waals surface area contributed by atoms with E-state index in [4.69, 9.17) is 4.42 Å². The highest BCUT2D eigenvalue weighted by Crippen LogP contribution is 2.35. The Morgan fingerprint density at radius 3 is 2.94 bits per heavy atom. The molecule has 6 heterocycles. The van der Waals surface area contributed by atoms with Gasteiger partial charge >= 0.3 is 11.8 Å². The lowest BCUT2D eigenvalue weighted by molar-refractivity contribution is 0.0646. The molecule has 1 amide bonds. The number of imidazole rings is 1. The minimum Gasteiger partial charge on any atom is -0.411 e. The Morgan fingerprint density at radius 1 is 1.21 bits per heavy atom. The van der Waals surface area contributed by atoms with Crippen LogP contribution in [0.4, 0.5) is 8.78 Å². The summed E-state index contributed by atoms with van der Waals surface area (Å²) < 4.78 is 33.8. The molecule has 1 N–H and O–H groups in total. The van der Waals surface area contributed by atoms with E-state index in [-0.39, 0.29) is 17.5 Å². The average Bonchev–Trinajstić information content (AvgIpc) is 3.62. The lowest BCUT2D eigenvalue weighted by atomic mass is 9.99. The minimum absolute atomic E-state index is 0.0553. The molecule has 0 spiro atoms. The number of hydrogen-bond donors (Lipinski definition) is 1. The van der Waals surface area contributed by atoms with Gasteiger partial charge in [0.25, 0.3) is 12.3 Å². The Bertz CT molecular complexity index is 1490. The average molecular weight is 463 g/mol. The molecule has 0 radical (unpaired) electrons. The van der Waals surface area contributed by atoms with E-state index in [9.17, 15) is 13.6 Å². The molecule has 13 heteroatoms. The van der Waals surface area contributed by atoms with Gasteiger partial charge in [0.2, 0.25) is 0 Å². The Morgan fingerprint density at radius 2 is 2.12 bits per heavy atom. The molecular weight excluding hydrogens is 448 g/mol. The molecule has 0 saturated heterocycles. The van der Waals surface area contributed by atoms with E-state index in [0.29, 0.717) is 35.6 Å². The highest BCUT2D eigenvalue weighted by molar-refractivity contribution is 5.90. The van der Waals surface area contributed by atoms with Gasteiger partial charge in [0, 0.05) is 31.1 Å². The quantitative estimate of drug-likeness (QED) is 0.430. The number of carbonyl (C=O) groups excluding carboxylic acids is 1. The molecule has 0 aromatic carbocycles. The molecular formula is C21H15F2N9O2. The summed E-state index contributed by atoms with van der Waals surface area (Å²) in [6, 6.07) is 5.45. The van der Waals surface area contributed by atoms with Gasteiger partial charge in [-0.15, -0.1) is 10.2 Å². The van der Waals surface area contributed by atoms with Crippen molar-refractivity contribution in [2.24, 2.45) is 0 Å². The highest BCUT2D eigenvalue weighted by Gasteiger charge is 2.38. The molecule has 11 nitrogen and oxygen atoms in total. The standard InChI is InChI=1S/C21H15F2N9O2/c22-18(23)15-3-1-2-11-8-13(30-32(11)15)17-16-12(26-10-27-16)4-7-31(17)21(33)20-29-28-19(34-20)14-9-24-5-6-25-14/h1-3,5-6,8-10,17-18H,4,7H2,(H,26,27)/t17-/m0/s1. The smallest absolute Gasteiger partial charge is 0.312 e. The second-order valence-electron chi connectivity index (χ2n) is 7.58. The van der Waals surface area contributed by atoms with E-state index < -0.39 is 18.4 Å². The number of aromatic nitrogens is 8. The predicted molar refractivity (Wildman–Crippen MR) is 111 cm³/mol. The maximum absolute atomic E-state index is 13.5. The molecule has 0 saturated carbocycles. The van der Waals surface area contributed by atoms with Crippen molar-refractivity contribution in [3.05, 3.63) is 77.8 Å². The highest BCUT2D eigenvalue weighted by atomic mass is 19.3. The van der Waals surface area contributed by atoms with Crippen molar-refractivity contribution in [2.45, 2.75) is 18.9 Å². The van der Waals surface area contributed by atoms with Crippen LogP contribution < -0.4 is 0 Å². The topological polar surface area (TPSA) is 131 Å². The predicted octanol–water partition coefficient (Wildman–Crippen LogP) is 2.62. The molecule has 5 aromatic heterocycles. The SMILES string of the molecule is O=C(c1nnc(-c2cnccn2)o1)N1CCc2[nH]cnc2[C@@H]1c1cc2cccc(C(F)F)n2n1. The van der Waals surface area contributed by atoms with Gasteiger partial charge in [0.15, 0.2) is 0 Å². The summed E-state index contributed by atoms with van der Waals surface area (Å²) in [5, 5.41) is 12.2. The van der Waals surface area contributed by atoms with Crippen molar-refractivity contribution >= 4 is 11.4 Å². The Labute approximate surface area is 189 Å². The van der Waals surface area contributed by atoms with Crippen LogP contribution in [-0.4, -0.2) is 57.1 Å². The first-order chi connectivity index (χ1) is 16.6. The second-order valence-corrected chi connectivity index (χ2v) is 7.58. The van der Waals surface area contributed by atoms with Gasteiger partial charge in [0.05, 0.1) is 29.4 Å². The van der Waals surface area contributed by atoms with Crippen LogP contribution in [0.3, 0.4) is 0 Å². The summed E-state index contributed by atoms with van der Waals surface area (Å²) >= 11 is 0. The number of rotatable bonds is 4. The maximum atomic E-state index is 13.5. The van der Waals surface area contributed by atoms with Gasteiger partial charge in [-0.1, -0.05) is 6.07 Å². The van der Waals surface area contributed by atoms with Crippen LogP contribution in [-0.2, 0) is 6.42 Å². The third-order valence-electron chi connectivity index (χ3n) is 5.61. The number of fused-ring (bicyclic) bond motifs is 2. The van der Waals surface area contributed by atoms with E-state index in [1.807, 2.05) is 0 Å². The fraction of sp³-hybridized carbons (Fsp3) is 0.190. The molecule has 6 rings (SSSR count). The monoisotopic (exact) mass is 463 g/mol. The van der Waals surface area contributed by atoms with Crippen molar-refractivity contribution in [3.63, 3.8) is 0 Å². The van der Waals surface area contributed by atoms with Crippen molar-refractivity contribution in [1.82, 2.24) is 44.6 Å². The molecule has 1 atom stereocenters. The zero-order valence-electron chi connectivity index (χ0n) is 17.3. The van der Waals surface area contributed by atoms with Gasteiger partial charge in [-0.05, 0) is 18.2 Å². The van der Waals surface area contributed by atoms with E-state index in [0.717, 1.165) is 5.69 Å². The molecule has 0 unspecified atom stereocenters. The molecule has 0 fully saturated rings. The van der Waals surface area contributed by atoms with Crippen molar-refractivity contribution in [2.75, 3.05) is 6.54 Å². The van der Waals surface area contributed by atoms with Gasteiger partial charge in [-0.25, -0.2) is 23.3 Å². The summed E-state index contributed by atoms with van der Waals surface area (Å²) in [5.41, 5.74) is 2.37. The Hall–Kier alpha value is -4.55. The largest absolute Gasteiger partial charge is 0.411 e. The lowest BCUT2D eigenvalue weighted by Crippen LogP contribution is -2.41. The summed E-state index contributed by atoms with van der Waals surface area (Å²) in [7, 11) is 0. The van der Waals surface area contributed by atoms with Gasteiger partial charge in [-0.2, -0.15) is 5.10 Å². The number of amides is 1. The van der Waals surface area contributed by atoms with Crippen LogP contribution in [0.25, 0.3) is 17.1 Å². The van der Waals surface area contributed by atoms with Crippen LogP contribution in [0, 0.1) is 0 Å². The number of pyridine rings is 1. The first-order valence-corrected chi connectivity index (χ1v) is 10.3. The second kappa shape index (κ2) is 7.79. The zero-order valence-corrected chi connectivity index (χ0v) is 17.3. The summed E-state index contributed by atoms with van der Waals surface area (Å²) in [6.07, 6.45) is 3.75. The lowest BCUT2D eigenvalue weighted by Gasteiger charge is -2.32. The van der Waals surface area contributed by atoms with E-state index in [2.05, 4.69) is 35.2 Å². The first-order valence-electron chi connectivity index (χ1n) is 10.3. The first kappa shape index (κ1) is 20.1. The molecule has 0 aliphatic carbocycles. The maximum Gasteiger partial charge on any atom is 0.312 e. The molecule has 0 bridgehead atoms. The Balaban J connectivity index is 1.42. The summed E-state index contributed by atoms with van der Waals surface area (Å²) in [4.78, 5) is 30.5. The van der Waals surface area contributed by atoms with Gasteiger partial charge in [0.1, 0.15) is 17.4 Å². The minimum atomic E-state index is -2.71. The van der Waals surface area contributed by atoms with E-state index >= 15 is 0 Å². The molecule has 1 aliphatic rings. The Kier molecular flexibility index (Phi) is 4.60. The van der Waals surface area contributed by atoms with Crippen LogP contribution in [0.5, 0.6) is 0 Å². The summed E-state index contributed by atoms with van der Waals surface area (Å²) in [5.74, 6) is -0.714. The number of nitrogens with zero attached hydrogens (tertiary/aromatic N) is 8. The third kappa shape index (κ3) is 3.20. The van der Waals surface area contributed by atoms with Crippen molar-refractivity contribution in [3.8, 4) is 11.6 Å². The van der Waals surface area contributed by atoms with Crippen molar-refractivity contribution < 1.29 is 18.0 Å². The summed E-state index contributed by atoms with van der Waals surface area (Å²) in [6.45, 7) is 0.303. The van der Waals surface area contributed by atoms with Crippen LogP contribution in [0.1, 0.15) is 45.9 Å². The van der Waals surface area contributed by atoms with Gasteiger partial charge in [-0.3, -0.25) is 9.78 Å². The molecule has 5 aromatic rings. The number of alkyl halides is 2. The van der Waals surface area contributed by atoms with Crippen molar-refractivity contribution in [1.29, 1.82) is 0 Å². The van der Waals surface area contributed by atoms with Crippen LogP contribution in [0.2, 0.25) is 0 Å². The number of H-pyrrole nitrogens is 1. The molecule has 170 valence electrons. The zero-order chi connectivity index (χ0) is 23.2. The number of nitrogens with one attached hydrogen (secondary N) is 1. The third-order valence-corrected chi connectivity index (χ3v) is 5.61. The number of halogens is 2. The number of aromatic amines is 1. The fourth-order valence-electron chi connectivity index (χ4n) is 4.10. The number of carbonyl (C=O) groups is 1. The fourth-order valence-corrected chi connectivity index (χ4v) is 4.10. The molecule has 1 aliphatic heterocycles. The van der Waals surface area contributed by atoms with E-state index in [1.54, 1.807) is 18.2 Å². The number of hydrogen-bond acceptors (Lipinski definition) is 8. The van der Waals surface area contributed by atoms with Gasteiger partial charge < -0.3 is 14.3 Å².